The largest absolute Gasteiger partial charge is 0.383 e. The van der Waals surface area contributed by atoms with Gasteiger partial charge in [0.05, 0.1) is 28.9 Å². The zero-order valence-corrected chi connectivity index (χ0v) is 11.5. The lowest BCUT2D eigenvalue weighted by Crippen LogP contribution is -2.28. The Kier molecular flexibility index (Phi) is 6.51. The van der Waals surface area contributed by atoms with Gasteiger partial charge in [0.25, 0.3) is 0 Å². The zero-order chi connectivity index (χ0) is 13.4. The molecule has 0 atom stereocenters. The van der Waals surface area contributed by atoms with Gasteiger partial charge in [0.2, 0.25) is 0 Å². The van der Waals surface area contributed by atoms with E-state index in [1.807, 2.05) is 13.1 Å². The van der Waals surface area contributed by atoms with Crippen LogP contribution in [0.4, 0.5) is 5.69 Å². The standard InChI is InChI=1S/C13H18ClN3O/c1-17(7-8-18-2)6-5-16-13-4-3-11(10-15)9-12(13)14/h3-4,9,16H,5-8H2,1-2H3. The van der Waals surface area contributed by atoms with Gasteiger partial charge in [-0.1, -0.05) is 11.6 Å². The van der Waals surface area contributed by atoms with Crippen molar-refractivity contribution in [2.45, 2.75) is 0 Å². The summed E-state index contributed by atoms with van der Waals surface area (Å²) in [6.45, 7) is 3.33. The van der Waals surface area contributed by atoms with Gasteiger partial charge < -0.3 is 15.0 Å². The van der Waals surface area contributed by atoms with Crippen molar-refractivity contribution in [3.63, 3.8) is 0 Å². The Morgan fingerprint density at radius 3 is 2.83 bits per heavy atom. The number of anilines is 1. The smallest absolute Gasteiger partial charge is 0.0992 e. The fraction of sp³-hybridized carbons (Fsp3) is 0.462. The highest BCUT2D eigenvalue weighted by molar-refractivity contribution is 6.33. The Hall–Kier alpha value is -1.28. The lowest BCUT2D eigenvalue weighted by molar-refractivity contribution is 0.163. The zero-order valence-electron chi connectivity index (χ0n) is 10.7. The molecule has 0 aliphatic rings. The Morgan fingerprint density at radius 2 is 2.22 bits per heavy atom. The summed E-state index contributed by atoms with van der Waals surface area (Å²) in [7, 11) is 3.74. The molecule has 98 valence electrons. The molecule has 0 radical (unpaired) electrons. The summed E-state index contributed by atoms with van der Waals surface area (Å²) in [4.78, 5) is 2.17. The van der Waals surface area contributed by atoms with Crippen molar-refractivity contribution in [1.82, 2.24) is 4.90 Å². The number of halogens is 1. The highest BCUT2D eigenvalue weighted by Gasteiger charge is 2.02. The Bertz CT molecular complexity index is 417. The topological polar surface area (TPSA) is 48.3 Å². The van der Waals surface area contributed by atoms with Gasteiger partial charge >= 0.3 is 0 Å². The van der Waals surface area contributed by atoms with E-state index >= 15 is 0 Å². The van der Waals surface area contributed by atoms with Crippen LogP contribution >= 0.6 is 11.6 Å². The molecule has 1 N–H and O–H groups in total. The van der Waals surface area contributed by atoms with E-state index in [0.29, 0.717) is 10.6 Å². The quantitative estimate of drug-likeness (QED) is 0.823. The summed E-state index contributed by atoms with van der Waals surface area (Å²) in [6, 6.07) is 7.31. The number of nitrogens with one attached hydrogen (secondary N) is 1. The molecule has 0 saturated carbocycles. The molecule has 0 amide bonds. The van der Waals surface area contributed by atoms with E-state index < -0.39 is 0 Å². The van der Waals surface area contributed by atoms with Crippen LogP contribution in [0.15, 0.2) is 18.2 Å². The number of nitriles is 1. The molecule has 0 aliphatic heterocycles. The maximum absolute atomic E-state index is 8.74. The molecule has 5 heteroatoms. The molecule has 0 saturated heterocycles. The van der Waals surface area contributed by atoms with E-state index in [9.17, 15) is 0 Å². The number of ether oxygens (including phenoxy) is 1. The molecule has 4 nitrogen and oxygen atoms in total. The maximum atomic E-state index is 8.74. The van der Waals surface area contributed by atoms with Gasteiger partial charge in [0, 0.05) is 26.7 Å². The summed E-state index contributed by atoms with van der Waals surface area (Å²) in [6.07, 6.45) is 0. The van der Waals surface area contributed by atoms with Crippen LogP contribution in [0, 0.1) is 11.3 Å². The van der Waals surface area contributed by atoms with Crippen LogP contribution in [-0.4, -0.2) is 45.3 Å². The highest BCUT2D eigenvalue weighted by atomic mass is 35.5. The van der Waals surface area contributed by atoms with E-state index in [2.05, 4.69) is 16.3 Å². The first-order valence-electron chi connectivity index (χ1n) is 5.78. The third-order valence-corrected chi connectivity index (χ3v) is 2.90. The van der Waals surface area contributed by atoms with Crippen LogP contribution in [0.2, 0.25) is 5.02 Å². The minimum Gasteiger partial charge on any atom is -0.383 e. The van der Waals surface area contributed by atoms with Gasteiger partial charge in [-0.15, -0.1) is 0 Å². The van der Waals surface area contributed by atoms with E-state index in [0.717, 1.165) is 31.9 Å². The van der Waals surface area contributed by atoms with E-state index in [1.54, 1.807) is 19.2 Å². The van der Waals surface area contributed by atoms with Crippen molar-refractivity contribution < 1.29 is 4.74 Å². The minimum absolute atomic E-state index is 0.572. The highest BCUT2D eigenvalue weighted by Crippen LogP contribution is 2.22. The van der Waals surface area contributed by atoms with Crippen LogP contribution in [-0.2, 0) is 4.74 Å². The van der Waals surface area contributed by atoms with E-state index in [-0.39, 0.29) is 0 Å². The van der Waals surface area contributed by atoms with Gasteiger partial charge in [-0.2, -0.15) is 5.26 Å². The molecule has 0 bridgehead atoms. The first-order valence-corrected chi connectivity index (χ1v) is 6.16. The fourth-order valence-electron chi connectivity index (χ4n) is 1.47. The minimum atomic E-state index is 0.572. The monoisotopic (exact) mass is 267 g/mol. The molecule has 1 rings (SSSR count). The molecular weight excluding hydrogens is 250 g/mol. The second kappa shape index (κ2) is 7.93. The van der Waals surface area contributed by atoms with Gasteiger partial charge in [0.1, 0.15) is 0 Å². The lowest BCUT2D eigenvalue weighted by atomic mass is 10.2. The number of hydrogen-bond donors (Lipinski definition) is 1. The summed E-state index contributed by atoms with van der Waals surface area (Å²) in [5, 5.41) is 12.6. The number of hydrogen-bond acceptors (Lipinski definition) is 4. The predicted octanol–water partition coefficient (Wildman–Crippen LogP) is 2.20. The summed E-state index contributed by atoms with van der Waals surface area (Å²) < 4.78 is 5.01. The van der Waals surface area contributed by atoms with E-state index in [1.165, 1.54) is 0 Å². The molecule has 0 aliphatic carbocycles. The van der Waals surface area contributed by atoms with Crippen molar-refractivity contribution in [3.8, 4) is 6.07 Å². The number of benzene rings is 1. The second-order valence-corrected chi connectivity index (χ2v) is 4.44. The third kappa shape index (κ3) is 4.92. The predicted molar refractivity (Wildman–Crippen MR) is 74.0 cm³/mol. The number of methoxy groups -OCH3 is 1. The Balaban J connectivity index is 2.38. The fourth-order valence-corrected chi connectivity index (χ4v) is 1.72. The Labute approximate surface area is 113 Å². The summed E-state index contributed by atoms with van der Waals surface area (Å²) in [5.41, 5.74) is 1.43. The van der Waals surface area contributed by atoms with Gasteiger partial charge in [-0.05, 0) is 25.2 Å². The molecule has 1 aromatic carbocycles. The van der Waals surface area contributed by atoms with Crippen molar-refractivity contribution >= 4 is 17.3 Å². The molecule has 18 heavy (non-hydrogen) atoms. The number of nitrogens with zero attached hydrogens (tertiary/aromatic N) is 2. The first kappa shape index (κ1) is 14.8. The van der Waals surface area contributed by atoms with Crippen molar-refractivity contribution in [1.29, 1.82) is 5.26 Å². The molecule has 1 aromatic rings. The van der Waals surface area contributed by atoms with Crippen LogP contribution in [0.3, 0.4) is 0 Å². The van der Waals surface area contributed by atoms with Crippen LogP contribution in [0.5, 0.6) is 0 Å². The van der Waals surface area contributed by atoms with Crippen molar-refractivity contribution in [2.24, 2.45) is 0 Å². The summed E-state index contributed by atoms with van der Waals surface area (Å²) in [5.74, 6) is 0. The average Bonchev–Trinajstić information content (AvgIpc) is 2.38. The number of likely N-dealkylation sites (N-methyl/N-ethyl adjacent to an activating group) is 1. The third-order valence-electron chi connectivity index (χ3n) is 2.58. The SMILES string of the molecule is COCCN(C)CCNc1ccc(C#N)cc1Cl. The second-order valence-electron chi connectivity index (χ2n) is 4.03. The van der Waals surface area contributed by atoms with Crippen molar-refractivity contribution in [2.75, 3.05) is 45.7 Å². The average molecular weight is 268 g/mol. The van der Waals surface area contributed by atoms with Gasteiger partial charge in [-0.3, -0.25) is 0 Å². The first-order chi connectivity index (χ1) is 8.67. The lowest BCUT2D eigenvalue weighted by Gasteiger charge is -2.17. The van der Waals surface area contributed by atoms with Crippen LogP contribution < -0.4 is 5.32 Å². The van der Waals surface area contributed by atoms with Crippen molar-refractivity contribution in [3.05, 3.63) is 28.8 Å². The van der Waals surface area contributed by atoms with Gasteiger partial charge in [-0.25, -0.2) is 0 Å². The number of rotatable bonds is 7. The normalized spacial score (nSPS) is 10.4. The molecule has 0 fully saturated rings. The summed E-state index contributed by atoms with van der Waals surface area (Å²) >= 11 is 6.06. The molecule has 0 aromatic heterocycles. The molecule has 0 spiro atoms. The van der Waals surface area contributed by atoms with Crippen LogP contribution in [0.1, 0.15) is 5.56 Å². The molecule has 0 heterocycles. The van der Waals surface area contributed by atoms with E-state index in [4.69, 9.17) is 21.6 Å². The Morgan fingerprint density at radius 1 is 1.44 bits per heavy atom. The maximum Gasteiger partial charge on any atom is 0.0992 e. The molecular formula is C13H18ClN3O. The van der Waals surface area contributed by atoms with Gasteiger partial charge in [0.15, 0.2) is 0 Å². The van der Waals surface area contributed by atoms with Crippen LogP contribution in [0.25, 0.3) is 0 Å². The molecule has 0 unspecified atom stereocenters.